The first-order chi connectivity index (χ1) is 13.4. The number of anilines is 2. The van der Waals surface area contributed by atoms with Crippen molar-refractivity contribution in [3.8, 4) is 11.3 Å². The van der Waals surface area contributed by atoms with Crippen molar-refractivity contribution in [2.75, 3.05) is 11.1 Å². The Morgan fingerprint density at radius 2 is 2.11 bits per heavy atom. The number of amides is 1. The Hall–Kier alpha value is -3.81. The SMILES string of the molecule is CCc1ccncc1-c1cc2cc(NC(=O)C(=N)/C=C(/C)N)ncc2c(N)n1. The van der Waals surface area contributed by atoms with Gasteiger partial charge in [0, 0.05) is 35.2 Å². The van der Waals surface area contributed by atoms with E-state index in [1.807, 2.05) is 12.1 Å². The summed E-state index contributed by atoms with van der Waals surface area (Å²) in [5.41, 5.74) is 14.5. The first kappa shape index (κ1) is 19.0. The van der Waals surface area contributed by atoms with E-state index < -0.39 is 5.91 Å². The highest BCUT2D eigenvalue weighted by Crippen LogP contribution is 2.29. The molecule has 0 unspecified atom stereocenters. The van der Waals surface area contributed by atoms with Gasteiger partial charge in [-0.15, -0.1) is 0 Å². The molecule has 0 atom stereocenters. The Balaban J connectivity index is 2.00. The fourth-order valence-corrected chi connectivity index (χ4v) is 2.82. The van der Waals surface area contributed by atoms with Gasteiger partial charge in [-0.25, -0.2) is 9.97 Å². The third-order valence-corrected chi connectivity index (χ3v) is 4.17. The van der Waals surface area contributed by atoms with Crippen molar-refractivity contribution in [2.45, 2.75) is 20.3 Å². The van der Waals surface area contributed by atoms with Crippen molar-refractivity contribution in [1.82, 2.24) is 15.0 Å². The quantitative estimate of drug-likeness (QED) is 0.505. The monoisotopic (exact) mass is 375 g/mol. The van der Waals surface area contributed by atoms with Crippen LogP contribution >= 0.6 is 0 Å². The lowest BCUT2D eigenvalue weighted by Crippen LogP contribution is -2.21. The number of hydrogen-bond acceptors (Lipinski definition) is 7. The largest absolute Gasteiger partial charge is 0.402 e. The molecule has 0 saturated carbocycles. The molecule has 0 spiro atoms. The summed E-state index contributed by atoms with van der Waals surface area (Å²) in [6.07, 6.45) is 7.18. The number of hydrogen-bond donors (Lipinski definition) is 4. The zero-order chi connectivity index (χ0) is 20.3. The second-order valence-electron chi connectivity index (χ2n) is 6.33. The molecule has 3 rings (SSSR count). The van der Waals surface area contributed by atoms with Gasteiger partial charge in [0.2, 0.25) is 0 Å². The van der Waals surface area contributed by atoms with E-state index in [0.29, 0.717) is 28.4 Å². The number of fused-ring (bicyclic) bond motifs is 1. The number of nitrogens with two attached hydrogens (primary N) is 2. The number of rotatable bonds is 5. The molecule has 0 bridgehead atoms. The summed E-state index contributed by atoms with van der Waals surface area (Å²) in [4.78, 5) is 25.0. The van der Waals surface area contributed by atoms with E-state index in [9.17, 15) is 4.79 Å². The van der Waals surface area contributed by atoms with Gasteiger partial charge in [0.25, 0.3) is 5.91 Å². The molecule has 1 amide bonds. The Bertz CT molecular complexity index is 1100. The third-order valence-electron chi connectivity index (χ3n) is 4.17. The van der Waals surface area contributed by atoms with E-state index in [1.54, 1.807) is 31.6 Å². The maximum Gasteiger partial charge on any atom is 0.274 e. The van der Waals surface area contributed by atoms with E-state index in [1.165, 1.54) is 6.08 Å². The Morgan fingerprint density at radius 1 is 1.32 bits per heavy atom. The van der Waals surface area contributed by atoms with E-state index in [0.717, 1.165) is 22.9 Å². The summed E-state index contributed by atoms with van der Waals surface area (Å²) in [6, 6.07) is 5.53. The molecule has 0 fully saturated rings. The zero-order valence-electron chi connectivity index (χ0n) is 15.7. The van der Waals surface area contributed by atoms with Crippen molar-refractivity contribution in [2.24, 2.45) is 5.73 Å². The summed E-state index contributed by atoms with van der Waals surface area (Å²) in [5.74, 6) is 0.0569. The number of allylic oxidation sites excluding steroid dienone is 1. The lowest BCUT2D eigenvalue weighted by atomic mass is 10.0. The molecule has 8 nitrogen and oxygen atoms in total. The van der Waals surface area contributed by atoms with Crippen LogP contribution < -0.4 is 16.8 Å². The molecule has 8 heteroatoms. The molecule has 28 heavy (non-hydrogen) atoms. The molecular weight excluding hydrogens is 354 g/mol. The summed E-state index contributed by atoms with van der Waals surface area (Å²) < 4.78 is 0. The molecule has 6 N–H and O–H groups in total. The van der Waals surface area contributed by atoms with Crippen molar-refractivity contribution in [1.29, 1.82) is 5.41 Å². The number of nitrogens with one attached hydrogen (secondary N) is 2. The Morgan fingerprint density at radius 3 is 2.82 bits per heavy atom. The molecule has 142 valence electrons. The van der Waals surface area contributed by atoms with Crippen LogP contribution in [0.25, 0.3) is 22.0 Å². The summed E-state index contributed by atoms with van der Waals surface area (Å²) in [7, 11) is 0. The minimum absolute atomic E-state index is 0.250. The van der Waals surface area contributed by atoms with Crippen molar-refractivity contribution >= 4 is 34.0 Å². The second-order valence-corrected chi connectivity index (χ2v) is 6.33. The van der Waals surface area contributed by atoms with Crippen LogP contribution in [0.5, 0.6) is 0 Å². The van der Waals surface area contributed by atoms with Crippen LogP contribution in [0.1, 0.15) is 19.4 Å². The van der Waals surface area contributed by atoms with Gasteiger partial charge in [-0.3, -0.25) is 15.2 Å². The lowest BCUT2D eigenvalue weighted by molar-refractivity contribution is -0.110. The van der Waals surface area contributed by atoms with Crippen LogP contribution in [0.4, 0.5) is 11.6 Å². The fraction of sp³-hybridized carbons (Fsp3) is 0.150. The van der Waals surface area contributed by atoms with Gasteiger partial charge in [-0.2, -0.15) is 0 Å². The maximum absolute atomic E-state index is 12.1. The number of carbonyl (C=O) groups excluding carboxylic acids is 1. The highest BCUT2D eigenvalue weighted by molar-refractivity contribution is 6.45. The Labute approximate surface area is 162 Å². The molecular formula is C20H21N7O. The van der Waals surface area contributed by atoms with Gasteiger partial charge >= 0.3 is 0 Å². The average Bonchev–Trinajstić information content (AvgIpc) is 2.67. The smallest absolute Gasteiger partial charge is 0.274 e. The average molecular weight is 375 g/mol. The van der Waals surface area contributed by atoms with Gasteiger partial charge in [-0.1, -0.05) is 6.92 Å². The van der Waals surface area contributed by atoms with E-state index >= 15 is 0 Å². The molecule has 3 aromatic heterocycles. The number of carbonyl (C=O) groups is 1. The minimum atomic E-state index is -0.598. The maximum atomic E-state index is 12.1. The van der Waals surface area contributed by atoms with Crippen molar-refractivity contribution in [3.63, 3.8) is 0 Å². The molecule has 0 saturated heterocycles. The first-order valence-corrected chi connectivity index (χ1v) is 8.72. The summed E-state index contributed by atoms with van der Waals surface area (Å²) >= 11 is 0. The second kappa shape index (κ2) is 7.83. The van der Waals surface area contributed by atoms with Gasteiger partial charge in [0.15, 0.2) is 0 Å². The van der Waals surface area contributed by atoms with Crippen LogP contribution in [-0.2, 0) is 11.2 Å². The van der Waals surface area contributed by atoms with E-state index in [-0.39, 0.29) is 5.71 Å². The number of pyridine rings is 3. The summed E-state index contributed by atoms with van der Waals surface area (Å²) in [5, 5.41) is 11.8. The number of nitrogen functional groups attached to an aromatic ring is 1. The predicted octanol–water partition coefficient (Wildman–Crippen LogP) is 2.66. The normalized spacial score (nSPS) is 11.4. The van der Waals surface area contributed by atoms with E-state index in [2.05, 4.69) is 27.2 Å². The van der Waals surface area contributed by atoms with Crippen LogP contribution in [0, 0.1) is 5.41 Å². The van der Waals surface area contributed by atoms with E-state index in [4.69, 9.17) is 16.9 Å². The number of aromatic nitrogens is 3. The molecule has 0 radical (unpaired) electrons. The standard InChI is InChI=1S/C20H21N7O/c1-3-12-4-5-24-9-14(12)17-7-13-8-18(25-10-15(13)19(23)26-17)27-20(28)16(22)6-11(2)21/h4-10,22H,3,21H2,1-2H3,(H2,23,26)(H,25,27,28)/b11-6-,22-16?. The molecule has 3 aromatic rings. The van der Waals surface area contributed by atoms with Gasteiger partial charge in [0.1, 0.15) is 17.3 Å². The Kier molecular flexibility index (Phi) is 5.30. The zero-order valence-corrected chi connectivity index (χ0v) is 15.7. The molecule has 0 aliphatic carbocycles. The summed E-state index contributed by atoms with van der Waals surface area (Å²) in [6.45, 7) is 3.67. The van der Waals surface area contributed by atoms with Crippen LogP contribution in [0.2, 0.25) is 0 Å². The predicted molar refractivity (Wildman–Crippen MR) is 111 cm³/mol. The molecule has 0 aliphatic rings. The van der Waals surface area contributed by atoms with Gasteiger partial charge in [-0.05, 0) is 48.6 Å². The van der Waals surface area contributed by atoms with Crippen LogP contribution in [-0.4, -0.2) is 26.6 Å². The lowest BCUT2D eigenvalue weighted by Gasteiger charge is -2.10. The number of aryl methyl sites for hydroxylation is 1. The van der Waals surface area contributed by atoms with Crippen molar-refractivity contribution < 1.29 is 4.79 Å². The fourth-order valence-electron chi connectivity index (χ4n) is 2.82. The molecule has 0 aromatic carbocycles. The molecule has 3 heterocycles. The van der Waals surface area contributed by atoms with Crippen LogP contribution in [0.3, 0.4) is 0 Å². The highest BCUT2D eigenvalue weighted by atomic mass is 16.1. The van der Waals surface area contributed by atoms with Crippen molar-refractivity contribution in [3.05, 3.63) is 54.1 Å². The number of nitrogens with zero attached hydrogens (tertiary/aromatic N) is 3. The topological polar surface area (TPSA) is 144 Å². The third kappa shape index (κ3) is 3.96. The first-order valence-electron chi connectivity index (χ1n) is 8.72. The minimum Gasteiger partial charge on any atom is -0.402 e. The van der Waals surface area contributed by atoms with Gasteiger partial charge in [0.05, 0.1) is 5.69 Å². The van der Waals surface area contributed by atoms with Crippen LogP contribution in [0.15, 0.2) is 48.6 Å². The van der Waals surface area contributed by atoms with Gasteiger partial charge < -0.3 is 16.8 Å². The highest BCUT2D eigenvalue weighted by Gasteiger charge is 2.12. The molecule has 0 aliphatic heterocycles.